The van der Waals surface area contributed by atoms with E-state index in [0.717, 1.165) is 0 Å². The summed E-state index contributed by atoms with van der Waals surface area (Å²) < 4.78 is 15.9. The number of H-pyrrole nitrogens is 1. The van der Waals surface area contributed by atoms with E-state index >= 15 is 0 Å². The zero-order valence-electron chi connectivity index (χ0n) is 17.0. The van der Waals surface area contributed by atoms with Crippen molar-refractivity contribution in [2.75, 3.05) is 19.8 Å². The normalized spacial score (nSPS) is 13.2. The van der Waals surface area contributed by atoms with E-state index in [9.17, 15) is 19.6 Å². The van der Waals surface area contributed by atoms with Crippen LogP contribution in [0.25, 0.3) is 11.0 Å². The maximum atomic E-state index is 12.4. The molecule has 0 fully saturated rings. The fourth-order valence-corrected chi connectivity index (χ4v) is 3.28. The van der Waals surface area contributed by atoms with Crippen LogP contribution in [0, 0.1) is 11.3 Å². The summed E-state index contributed by atoms with van der Waals surface area (Å²) in [7, 11) is 0. The molecule has 162 valence electrons. The van der Waals surface area contributed by atoms with Crippen LogP contribution in [0.1, 0.15) is 34.9 Å². The molecule has 0 spiro atoms. The monoisotopic (exact) mass is 433 g/mol. The Labute approximate surface area is 182 Å². The van der Waals surface area contributed by atoms with Crippen molar-refractivity contribution < 1.29 is 28.6 Å². The fraction of sp³-hybridized carbons (Fsp3) is 0.261. The van der Waals surface area contributed by atoms with Gasteiger partial charge in [-0.05, 0) is 30.3 Å². The summed E-state index contributed by atoms with van der Waals surface area (Å²) in [5, 5.41) is 9.39. The molecule has 1 unspecified atom stereocenters. The van der Waals surface area contributed by atoms with Gasteiger partial charge in [0.25, 0.3) is 0 Å². The number of rotatable bonds is 8. The number of ether oxygens (including phenoxy) is 3. The lowest BCUT2D eigenvalue weighted by Gasteiger charge is -2.18. The first-order valence-corrected chi connectivity index (χ1v) is 10.0. The smallest absolute Gasteiger partial charge is 0.306 e. The molecule has 2 heterocycles. The van der Waals surface area contributed by atoms with Crippen LogP contribution in [-0.4, -0.2) is 47.3 Å². The molecule has 1 N–H and O–H groups in total. The van der Waals surface area contributed by atoms with Gasteiger partial charge in [-0.25, -0.2) is 4.98 Å². The van der Waals surface area contributed by atoms with Crippen LogP contribution in [-0.2, 0) is 14.3 Å². The quantitative estimate of drug-likeness (QED) is 0.424. The highest BCUT2D eigenvalue weighted by Crippen LogP contribution is 2.31. The van der Waals surface area contributed by atoms with Crippen LogP contribution in [0.2, 0.25) is 0 Å². The SMILES string of the molecule is N#CC(C(=O)COC(=O)CCC(=O)c1ccc2c(c1)OCCO2)c1nc2ccccc2[nH]1. The number of nitrogens with one attached hydrogen (secondary N) is 1. The molecule has 0 radical (unpaired) electrons. The number of hydrogen-bond acceptors (Lipinski definition) is 8. The number of esters is 1. The number of aromatic nitrogens is 2. The molecular formula is C23H19N3O6. The number of carbonyl (C=O) groups excluding carboxylic acids is 3. The topological polar surface area (TPSA) is 131 Å². The molecule has 3 aromatic rings. The van der Waals surface area contributed by atoms with E-state index < -0.39 is 24.3 Å². The van der Waals surface area contributed by atoms with Crippen molar-refractivity contribution in [1.82, 2.24) is 9.97 Å². The Balaban J connectivity index is 1.29. The largest absolute Gasteiger partial charge is 0.486 e. The molecule has 1 aromatic heterocycles. The van der Waals surface area contributed by atoms with Crippen LogP contribution in [0.15, 0.2) is 42.5 Å². The summed E-state index contributed by atoms with van der Waals surface area (Å²) in [5.41, 5.74) is 1.72. The third-order valence-corrected chi connectivity index (χ3v) is 4.93. The number of para-hydroxylation sites is 2. The number of hydrogen-bond donors (Lipinski definition) is 1. The van der Waals surface area contributed by atoms with Gasteiger partial charge in [-0.3, -0.25) is 14.4 Å². The van der Waals surface area contributed by atoms with Crippen molar-refractivity contribution >= 4 is 28.6 Å². The number of benzene rings is 2. The highest BCUT2D eigenvalue weighted by atomic mass is 16.6. The Bertz CT molecular complexity index is 1190. The number of nitriles is 1. The first-order valence-electron chi connectivity index (χ1n) is 10.0. The molecule has 32 heavy (non-hydrogen) atoms. The van der Waals surface area contributed by atoms with E-state index in [1.807, 2.05) is 12.1 Å². The number of nitrogens with zero attached hydrogens (tertiary/aromatic N) is 2. The molecule has 0 aliphatic carbocycles. The summed E-state index contributed by atoms with van der Waals surface area (Å²) in [4.78, 5) is 44.0. The lowest BCUT2D eigenvalue weighted by atomic mass is 10.1. The molecular weight excluding hydrogens is 414 g/mol. The number of imidazole rings is 1. The van der Waals surface area contributed by atoms with Gasteiger partial charge in [-0.2, -0.15) is 5.26 Å². The van der Waals surface area contributed by atoms with Crippen LogP contribution in [0.5, 0.6) is 11.5 Å². The van der Waals surface area contributed by atoms with Gasteiger partial charge in [0.1, 0.15) is 19.0 Å². The van der Waals surface area contributed by atoms with Crippen LogP contribution < -0.4 is 9.47 Å². The number of fused-ring (bicyclic) bond motifs is 2. The molecule has 1 aliphatic rings. The lowest BCUT2D eigenvalue weighted by Crippen LogP contribution is -2.21. The Morgan fingerprint density at radius 2 is 1.88 bits per heavy atom. The van der Waals surface area contributed by atoms with Crippen molar-refractivity contribution in [3.63, 3.8) is 0 Å². The molecule has 9 heteroatoms. The number of ketones is 2. The van der Waals surface area contributed by atoms with E-state index in [4.69, 9.17) is 14.2 Å². The third-order valence-electron chi connectivity index (χ3n) is 4.93. The number of carbonyl (C=O) groups is 3. The predicted octanol–water partition coefficient (Wildman–Crippen LogP) is 2.72. The second-order valence-corrected chi connectivity index (χ2v) is 7.11. The molecule has 0 saturated heterocycles. The Kier molecular flexibility index (Phi) is 6.12. The third kappa shape index (κ3) is 4.59. The van der Waals surface area contributed by atoms with Crippen LogP contribution >= 0.6 is 0 Å². The number of Topliss-reactive ketones (excluding diaryl/α,β-unsaturated/α-hetero) is 2. The number of aromatic amines is 1. The second-order valence-electron chi connectivity index (χ2n) is 7.11. The molecule has 1 atom stereocenters. The van der Waals surface area contributed by atoms with E-state index in [-0.39, 0.29) is 24.4 Å². The van der Waals surface area contributed by atoms with E-state index in [1.54, 1.807) is 36.4 Å². The van der Waals surface area contributed by atoms with Gasteiger partial charge in [0.05, 0.1) is 23.5 Å². The highest BCUT2D eigenvalue weighted by Gasteiger charge is 2.25. The van der Waals surface area contributed by atoms with Crippen molar-refractivity contribution in [1.29, 1.82) is 5.26 Å². The molecule has 0 amide bonds. The van der Waals surface area contributed by atoms with Crippen molar-refractivity contribution in [3.8, 4) is 17.6 Å². The average Bonchev–Trinajstić information content (AvgIpc) is 3.25. The van der Waals surface area contributed by atoms with Gasteiger partial charge in [0.15, 0.2) is 35.6 Å². The Morgan fingerprint density at radius 3 is 2.66 bits per heavy atom. The average molecular weight is 433 g/mol. The van der Waals surface area contributed by atoms with Crippen molar-refractivity contribution in [2.45, 2.75) is 18.8 Å². The van der Waals surface area contributed by atoms with Crippen molar-refractivity contribution in [3.05, 3.63) is 53.9 Å². The van der Waals surface area contributed by atoms with Gasteiger partial charge >= 0.3 is 5.97 Å². The first-order chi connectivity index (χ1) is 15.5. The second kappa shape index (κ2) is 9.31. The first kappa shape index (κ1) is 21.1. The van der Waals surface area contributed by atoms with Gasteiger partial charge in [0, 0.05) is 12.0 Å². The Hall–Kier alpha value is -4.19. The molecule has 0 saturated carbocycles. The zero-order valence-corrected chi connectivity index (χ0v) is 17.0. The van der Waals surface area contributed by atoms with Crippen LogP contribution in [0.3, 0.4) is 0 Å². The lowest BCUT2D eigenvalue weighted by molar-refractivity contribution is -0.148. The molecule has 2 aromatic carbocycles. The maximum Gasteiger partial charge on any atom is 0.306 e. The molecule has 1 aliphatic heterocycles. The molecule has 0 bridgehead atoms. The summed E-state index contributed by atoms with van der Waals surface area (Å²) in [6.07, 6.45) is -0.277. The van der Waals surface area contributed by atoms with E-state index in [0.29, 0.717) is 41.3 Å². The maximum absolute atomic E-state index is 12.4. The van der Waals surface area contributed by atoms with Crippen molar-refractivity contribution in [2.24, 2.45) is 0 Å². The van der Waals surface area contributed by atoms with Gasteiger partial charge in [0.2, 0.25) is 0 Å². The molecule has 4 rings (SSSR count). The standard InChI is InChI=1S/C23H19N3O6/c24-12-15(23-25-16-3-1-2-4-17(16)26-23)19(28)13-32-22(29)8-6-18(27)14-5-7-20-21(11-14)31-10-9-30-20/h1-5,7,11,15H,6,8-10,13H2,(H,25,26). The van der Waals surface area contributed by atoms with E-state index in [2.05, 4.69) is 9.97 Å². The van der Waals surface area contributed by atoms with Gasteiger partial charge in [-0.15, -0.1) is 0 Å². The van der Waals surface area contributed by atoms with E-state index in [1.165, 1.54) is 0 Å². The highest BCUT2D eigenvalue weighted by molar-refractivity contribution is 5.98. The molecule has 9 nitrogen and oxygen atoms in total. The summed E-state index contributed by atoms with van der Waals surface area (Å²) in [5.74, 6) is -1.49. The predicted molar refractivity (Wildman–Crippen MR) is 111 cm³/mol. The van der Waals surface area contributed by atoms with Gasteiger partial charge in [-0.1, -0.05) is 12.1 Å². The minimum Gasteiger partial charge on any atom is -0.486 e. The fourth-order valence-electron chi connectivity index (χ4n) is 3.28. The minimum absolute atomic E-state index is 0.0854. The van der Waals surface area contributed by atoms with Crippen LogP contribution in [0.4, 0.5) is 0 Å². The Morgan fingerprint density at radius 1 is 1.09 bits per heavy atom. The summed E-state index contributed by atoms with van der Waals surface area (Å²) >= 11 is 0. The zero-order chi connectivity index (χ0) is 22.5. The summed E-state index contributed by atoms with van der Waals surface area (Å²) in [6.45, 7) is 0.281. The summed E-state index contributed by atoms with van der Waals surface area (Å²) in [6, 6.07) is 13.9. The van der Waals surface area contributed by atoms with Gasteiger partial charge < -0.3 is 19.2 Å². The minimum atomic E-state index is -1.19.